The summed E-state index contributed by atoms with van der Waals surface area (Å²) in [6.45, 7) is 0.738. The van der Waals surface area contributed by atoms with Gasteiger partial charge in [-0.2, -0.15) is 0 Å². The van der Waals surface area contributed by atoms with Gasteiger partial charge in [-0.15, -0.1) is 0 Å². The molecule has 1 aromatic carbocycles. The van der Waals surface area contributed by atoms with Crippen LogP contribution < -0.4 is 5.32 Å². The molecule has 0 saturated carbocycles. The normalized spacial score (nSPS) is 21.1. The van der Waals surface area contributed by atoms with Crippen LogP contribution >= 0.6 is 11.6 Å². The van der Waals surface area contributed by atoms with E-state index in [-0.39, 0.29) is 11.6 Å². The molecule has 0 bridgehead atoms. The molecular formula is C11H12ClF2NO. The van der Waals surface area contributed by atoms with Gasteiger partial charge in [-0.25, -0.2) is 8.78 Å². The molecule has 88 valence electrons. The van der Waals surface area contributed by atoms with Crippen molar-refractivity contribution >= 4 is 11.6 Å². The first-order valence-corrected chi connectivity index (χ1v) is 5.59. The largest absolute Gasteiger partial charge is 0.506 e. The van der Waals surface area contributed by atoms with Crippen molar-refractivity contribution in [3.8, 4) is 5.75 Å². The van der Waals surface area contributed by atoms with Crippen LogP contribution in [-0.4, -0.2) is 11.7 Å². The first-order chi connectivity index (χ1) is 7.61. The lowest BCUT2D eigenvalue weighted by atomic mass is 9.96. The number of halogens is 3. The third-order valence-electron chi connectivity index (χ3n) is 2.83. The molecule has 2 N–H and O–H groups in total. The van der Waals surface area contributed by atoms with Gasteiger partial charge in [0.1, 0.15) is 16.6 Å². The predicted octanol–water partition coefficient (Wildman–Crippen LogP) is 3.14. The van der Waals surface area contributed by atoms with Crippen LogP contribution in [0.15, 0.2) is 6.07 Å². The Hall–Kier alpha value is -0.870. The van der Waals surface area contributed by atoms with Crippen LogP contribution in [0.1, 0.15) is 30.9 Å². The summed E-state index contributed by atoms with van der Waals surface area (Å²) in [5.41, 5.74) is -0.0671. The van der Waals surface area contributed by atoms with E-state index in [4.69, 9.17) is 11.6 Å². The molecule has 2 rings (SSSR count). The summed E-state index contributed by atoms with van der Waals surface area (Å²) in [4.78, 5) is 0. The van der Waals surface area contributed by atoms with Crippen molar-refractivity contribution < 1.29 is 13.9 Å². The van der Waals surface area contributed by atoms with Crippen LogP contribution in [0.2, 0.25) is 5.02 Å². The number of benzene rings is 1. The minimum absolute atomic E-state index is 0.0671. The monoisotopic (exact) mass is 247 g/mol. The Labute approximate surface area is 97.2 Å². The van der Waals surface area contributed by atoms with E-state index < -0.39 is 22.4 Å². The second-order valence-electron chi connectivity index (χ2n) is 3.92. The highest BCUT2D eigenvalue weighted by atomic mass is 35.5. The van der Waals surface area contributed by atoms with Crippen molar-refractivity contribution in [1.82, 2.24) is 5.32 Å². The molecule has 1 aliphatic rings. The Kier molecular flexibility index (Phi) is 3.30. The average molecular weight is 248 g/mol. The molecule has 1 heterocycles. The van der Waals surface area contributed by atoms with Gasteiger partial charge in [-0.05, 0) is 19.4 Å². The molecule has 16 heavy (non-hydrogen) atoms. The van der Waals surface area contributed by atoms with Crippen LogP contribution in [0.3, 0.4) is 0 Å². The molecule has 0 radical (unpaired) electrons. The smallest absolute Gasteiger partial charge is 0.153 e. The number of piperidine rings is 1. The predicted molar refractivity (Wildman–Crippen MR) is 57.6 cm³/mol. The maximum atomic E-state index is 13.7. The van der Waals surface area contributed by atoms with Crippen LogP contribution in [-0.2, 0) is 0 Å². The van der Waals surface area contributed by atoms with E-state index in [9.17, 15) is 13.9 Å². The Morgan fingerprint density at radius 3 is 2.75 bits per heavy atom. The molecule has 1 aromatic rings. The number of hydrogen-bond donors (Lipinski definition) is 2. The minimum Gasteiger partial charge on any atom is -0.506 e. The second-order valence-corrected chi connectivity index (χ2v) is 4.30. The minimum atomic E-state index is -0.862. The van der Waals surface area contributed by atoms with Crippen molar-refractivity contribution in [2.75, 3.05) is 6.54 Å². The van der Waals surface area contributed by atoms with E-state index in [1.807, 2.05) is 0 Å². The molecule has 1 saturated heterocycles. The van der Waals surface area contributed by atoms with E-state index in [0.29, 0.717) is 6.42 Å². The number of hydrogen-bond acceptors (Lipinski definition) is 2. The van der Waals surface area contributed by atoms with Gasteiger partial charge in [0.2, 0.25) is 0 Å². The summed E-state index contributed by atoms with van der Waals surface area (Å²) < 4.78 is 27.3. The van der Waals surface area contributed by atoms with E-state index in [1.54, 1.807) is 0 Å². The summed E-state index contributed by atoms with van der Waals surface area (Å²) >= 11 is 5.55. The van der Waals surface area contributed by atoms with Crippen LogP contribution in [0.4, 0.5) is 8.78 Å². The van der Waals surface area contributed by atoms with Gasteiger partial charge in [0.05, 0.1) is 0 Å². The second kappa shape index (κ2) is 4.55. The zero-order chi connectivity index (χ0) is 11.7. The fourth-order valence-corrected chi connectivity index (χ4v) is 2.17. The maximum absolute atomic E-state index is 13.7. The molecule has 1 atom stereocenters. The molecule has 0 amide bonds. The van der Waals surface area contributed by atoms with Gasteiger partial charge < -0.3 is 10.4 Å². The van der Waals surface area contributed by atoms with Crippen molar-refractivity contribution in [1.29, 1.82) is 0 Å². The average Bonchev–Trinajstić information content (AvgIpc) is 2.28. The zero-order valence-corrected chi connectivity index (χ0v) is 9.32. The Balaban J connectivity index is 2.42. The highest BCUT2D eigenvalue weighted by Crippen LogP contribution is 2.35. The fourth-order valence-electron chi connectivity index (χ4n) is 2.01. The van der Waals surface area contributed by atoms with Crippen molar-refractivity contribution in [2.45, 2.75) is 25.3 Å². The number of phenolic OH excluding ortho intramolecular Hbond substituents is 1. The number of nitrogens with one attached hydrogen (secondary N) is 1. The third-order valence-corrected chi connectivity index (χ3v) is 3.19. The standard InChI is InChI=1S/C11H12ClF2NO/c12-10-8(16)5-6(13)9(11(10)14)7-3-1-2-4-15-7/h5,7,15-16H,1-4H2. The van der Waals surface area contributed by atoms with Gasteiger partial charge >= 0.3 is 0 Å². The van der Waals surface area contributed by atoms with Crippen molar-refractivity contribution in [2.24, 2.45) is 0 Å². The van der Waals surface area contributed by atoms with E-state index >= 15 is 0 Å². The molecule has 0 aromatic heterocycles. The summed E-state index contributed by atoms with van der Waals surface area (Å²) in [6, 6.07) is 0.503. The lowest BCUT2D eigenvalue weighted by molar-refractivity contribution is 0.381. The van der Waals surface area contributed by atoms with Gasteiger partial charge in [0, 0.05) is 17.7 Å². The Morgan fingerprint density at radius 1 is 1.38 bits per heavy atom. The summed E-state index contributed by atoms with van der Waals surface area (Å²) in [5.74, 6) is -2.17. The fraction of sp³-hybridized carbons (Fsp3) is 0.455. The van der Waals surface area contributed by atoms with Gasteiger partial charge in [0.15, 0.2) is 5.82 Å². The lowest BCUT2D eigenvalue weighted by Crippen LogP contribution is -2.28. The van der Waals surface area contributed by atoms with Crippen molar-refractivity contribution in [3.63, 3.8) is 0 Å². The molecule has 1 fully saturated rings. The van der Waals surface area contributed by atoms with Crippen LogP contribution in [0, 0.1) is 11.6 Å². The van der Waals surface area contributed by atoms with Gasteiger partial charge in [0.25, 0.3) is 0 Å². The lowest BCUT2D eigenvalue weighted by Gasteiger charge is -2.25. The van der Waals surface area contributed by atoms with E-state index in [0.717, 1.165) is 25.5 Å². The molecular weight excluding hydrogens is 236 g/mol. The molecule has 5 heteroatoms. The van der Waals surface area contributed by atoms with Crippen molar-refractivity contribution in [3.05, 3.63) is 28.3 Å². The van der Waals surface area contributed by atoms with E-state index in [2.05, 4.69) is 5.32 Å². The highest BCUT2D eigenvalue weighted by Gasteiger charge is 2.25. The first-order valence-electron chi connectivity index (χ1n) is 5.21. The summed E-state index contributed by atoms with van der Waals surface area (Å²) in [6.07, 6.45) is 2.61. The third kappa shape index (κ3) is 1.99. The quantitative estimate of drug-likeness (QED) is 0.748. The summed E-state index contributed by atoms with van der Waals surface area (Å²) in [5, 5.41) is 11.8. The Bertz CT molecular complexity index is 405. The first kappa shape index (κ1) is 11.6. The molecule has 0 spiro atoms. The maximum Gasteiger partial charge on any atom is 0.153 e. The number of phenols is 1. The highest BCUT2D eigenvalue weighted by molar-refractivity contribution is 6.32. The zero-order valence-electron chi connectivity index (χ0n) is 8.56. The molecule has 1 unspecified atom stereocenters. The number of rotatable bonds is 1. The topological polar surface area (TPSA) is 32.3 Å². The SMILES string of the molecule is Oc1cc(F)c(C2CCCCN2)c(F)c1Cl. The Morgan fingerprint density at radius 2 is 2.12 bits per heavy atom. The number of aromatic hydroxyl groups is 1. The molecule has 1 aliphatic heterocycles. The van der Waals surface area contributed by atoms with Crippen LogP contribution in [0.5, 0.6) is 5.75 Å². The van der Waals surface area contributed by atoms with Crippen LogP contribution in [0.25, 0.3) is 0 Å². The van der Waals surface area contributed by atoms with Gasteiger partial charge in [-0.3, -0.25) is 0 Å². The molecule has 2 nitrogen and oxygen atoms in total. The van der Waals surface area contributed by atoms with E-state index in [1.165, 1.54) is 0 Å². The molecule has 0 aliphatic carbocycles. The van der Waals surface area contributed by atoms with Gasteiger partial charge in [-0.1, -0.05) is 18.0 Å². The summed E-state index contributed by atoms with van der Waals surface area (Å²) in [7, 11) is 0.